The highest BCUT2D eigenvalue weighted by Crippen LogP contribution is 2.45. The normalized spacial score (nSPS) is 19.4. The molecule has 0 bridgehead atoms. The number of allylic oxidation sites excluding steroid dienone is 3. The van der Waals surface area contributed by atoms with Crippen molar-refractivity contribution in [3.8, 4) is 0 Å². The predicted molar refractivity (Wildman–Crippen MR) is 163 cm³/mol. The monoisotopic (exact) mass is 623 g/mol. The van der Waals surface area contributed by atoms with Crippen LogP contribution in [-0.2, 0) is 19.1 Å². The van der Waals surface area contributed by atoms with Crippen molar-refractivity contribution in [3.05, 3.63) is 57.6 Å². The van der Waals surface area contributed by atoms with Crippen LogP contribution in [0.25, 0.3) is 0 Å². The summed E-state index contributed by atoms with van der Waals surface area (Å²) in [6, 6.07) is 6.34. The fraction of sp³-hybridized carbons (Fsp3) is 0.533. The summed E-state index contributed by atoms with van der Waals surface area (Å²) in [5.41, 5.74) is 1.09. The summed E-state index contributed by atoms with van der Waals surface area (Å²) >= 11 is 13.4. The molecule has 4 atom stereocenters. The average molecular weight is 625 g/mol. The number of nitrogens with one attached hydrogen (secondary N) is 3. The Kier molecular flexibility index (Phi) is 12.2. The van der Waals surface area contributed by atoms with Crippen LogP contribution in [0.4, 0.5) is 4.79 Å². The molecular formula is C30H39Cl2N3O5S. The summed E-state index contributed by atoms with van der Waals surface area (Å²) < 4.78 is 8.70. The number of hydrogen-bond acceptors (Lipinski definition) is 6. The summed E-state index contributed by atoms with van der Waals surface area (Å²) in [6.07, 6.45) is 6.17. The van der Waals surface area contributed by atoms with E-state index in [1.54, 1.807) is 12.1 Å². The van der Waals surface area contributed by atoms with E-state index < -0.39 is 28.9 Å². The van der Waals surface area contributed by atoms with Crippen LogP contribution in [0.5, 0.6) is 0 Å². The highest BCUT2D eigenvalue weighted by atomic mass is 35.5. The van der Waals surface area contributed by atoms with Crippen molar-refractivity contribution < 1.29 is 23.9 Å². The third-order valence-electron chi connectivity index (χ3n) is 7.31. The van der Waals surface area contributed by atoms with Gasteiger partial charge in [0.15, 0.2) is 0 Å². The van der Waals surface area contributed by atoms with Gasteiger partial charge in [0, 0.05) is 27.9 Å². The zero-order chi connectivity index (χ0) is 30.2. The van der Waals surface area contributed by atoms with Gasteiger partial charge in [-0.15, -0.1) is 0 Å². The fourth-order valence-corrected chi connectivity index (χ4v) is 6.32. The summed E-state index contributed by atoms with van der Waals surface area (Å²) in [5, 5.41) is 6.13. The second kappa shape index (κ2) is 15.1. The van der Waals surface area contributed by atoms with Crippen LogP contribution in [0.15, 0.2) is 47.0 Å². The van der Waals surface area contributed by atoms with Crippen LogP contribution < -0.4 is 15.4 Å². The van der Waals surface area contributed by atoms with Crippen LogP contribution in [-0.4, -0.2) is 42.0 Å². The molecular weight excluding hydrogens is 585 g/mol. The molecule has 11 heteroatoms. The van der Waals surface area contributed by atoms with Crippen LogP contribution in [0, 0.1) is 17.3 Å². The quantitative estimate of drug-likeness (QED) is 0.177. The number of aldehydes is 1. The average Bonchev–Trinajstić information content (AvgIpc) is 3.33. The minimum absolute atomic E-state index is 0.108. The molecule has 3 N–H and O–H groups in total. The molecule has 0 spiro atoms. The Morgan fingerprint density at radius 2 is 1.93 bits per heavy atom. The number of ether oxygens (including phenoxy) is 1. The molecule has 1 aliphatic carbocycles. The van der Waals surface area contributed by atoms with E-state index in [-0.39, 0.29) is 30.1 Å². The number of rotatable bonds is 13. The molecule has 0 radical (unpaired) electrons. The number of hydrogen-bond donors (Lipinski definition) is 3. The van der Waals surface area contributed by atoms with Gasteiger partial charge in [-0.25, -0.2) is 4.79 Å². The molecule has 1 aliphatic heterocycles. The van der Waals surface area contributed by atoms with Crippen LogP contribution in [0.2, 0.25) is 5.02 Å². The van der Waals surface area contributed by atoms with Crippen molar-refractivity contribution in [2.75, 3.05) is 6.54 Å². The highest BCUT2D eigenvalue weighted by Gasteiger charge is 2.38. The first-order chi connectivity index (χ1) is 19.4. The molecule has 1 saturated heterocycles. The van der Waals surface area contributed by atoms with Crippen molar-refractivity contribution in [2.24, 2.45) is 17.3 Å². The maximum atomic E-state index is 13.2. The van der Waals surface area contributed by atoms with Gasteiger partial charge in [0.2, 0.25) is 11.8 Å². The number of carbonyl (C=O) groups is 4. The Morgan fingerprint density at radius 3 is 2.51 bits per heavy atom. The smallest absolute Gasteiger partial charge is 0.417 e. The summed E-state index contributed by atoms with van der Waals surface area (Å²) in [5.74, 6) is -0.668. The Balaban J connectivity index is 1.71. The molecule has 2 aliphatic rings. The lowest BCUT2D eigenvalue weighted by Gasteiger charge is -2.36. The molecule has 1 aromatic rings. The first-order valence-corrected chi connectivity index (χ1v) is 15.5. The molecule has 1 aromatic carbocycles. The molecule has 0 aromatic heterocycles. The van der Waals surface area contributed by atoms with E-state index in [0.29, 0.717) is 30.7 Å². The van der Waals surface area contributed by atoms with Crippen molar-refractivity contribution in [3.63, 3.8) is 0 Å². The Morgan fingerprint density at radius 1 is 1.22 bits per heavy atom. The van der Waals surface area contributed by atoms with E-state index in [0.717, 1.165) is 41.0 Å². The number of amides is 3. The van der Waals surface area contributed by atoms with Gasteiger partial charge in [0.05, 0.1) is 6.04 Å². The number of halogens is 2. The lowest BCUT2D eigenvalue weighted by Crippen LogP contribution is -2.44. The van der Waals surface area contributed by atoms with Crippen molar-refractivity contribution in [1.82, 2.24) is 15.4 Å². The zero-order valence-corrected chi connectivity index (χ0v) is 26.2. The summed E-state index contributed by atoms with van der Waals surface area (Å²) in [6.45, 7) is 8.48. The second-order valence-electron chi connectivity index (χ2n) is 11.4. The van der Waals surface area contributed by atoms with Gasteiger partial charge in [0.25, 0.3) is 0 Å². The maximum absolute atomic E-state index is 13.2. The van der Waals surface area contributed by atoms with Crippen molar-refractivity contribution >= 4 is 59.3 Å². The first-order valence-electron chi connectivity index (χ1n) is 13.9. The number of benzene rings is 1. The molecule has 224 valence electrons. The van der Waals surface area contributed by atoms with Crippen LogP contribution >= 0.6 is 35.1 Å². The van der Waals surface area contributed by atoms with Crippen LogP contribution in [0.1, 0.15) is 71.5 Å². The summed E-state index contributed by atoms with van der Waals surface area (Å²) in [7, 11) is 0. The van der Waals surface area contributed by atoms with E-state index in [9.17, 15) is 19.2 Å². The van der Waals surface area contributed by atoms with E-state index in [1.807, 2.05) is 45.9 Å². The molecule has 3 rings (SSSR count). The van der Waals surface area contributed by atoms with Gasteiger partial charge in [-0.2, -0.15) is 0 Å². The molecule has 1 heterocycles. The molecule has 1 unspecified atom stereocenters. The lowest BCUT2D eigenvalue weighted by molar-refractivity contribution is -0.126. The van der Waals surface area contributed by atoms with E-state index in [4.69, 9.17) is 27.9 Å². The predicted octanol–water partition coefficient (Wildman–Crippen LogP) is 6.25. The molecule has 41 heavy (non-hydrogen) atoms. The SMILES string of the molecule is CC(C)C[C@H](SNC(=O)OC(c1ccc(Cl)cc1)C(C)(C)C1=CCCC(Cl)=C1)C(=O)N[C@H](C=O)C[C@@H]1CCNC1=O. The highest BCUT2D eigenvalue weighted by molar-refractivity contribution is 7.99. The van der Waals surface area contributed by atoms with E-state index in [1.165, 1.54) is 0 Å². The topological polar surface area (TPSA) is 114 Å². The minimum Gasteiger partial charge on any atom is -0.440 e. The molecule has 0 saturated carbocycles. The van der Waals surface area contributed by atoms with E-state index in [2.05, 4.69) is 21.4 Å². The molecule has 3 amide bonds. The van der Waals surface area contributed by atoms with E-state index >= 15 is 0 Å². The minimum atomic E-state index is -0.794. The van der Waals surface area contributed by atoms with Crippen molar-refractivity contribution in [2.45, 2.75) is 77.2 Å². The zero-order valence-electron chi connectivity index (χ0n) is 23.9. The standard InChI is InChI=1S/C30H39Cl2N3O5S/c1-18(2)14-25(28(38)34-24(17-36)15-20-12-13-33-27(20)37)41-35-29(39)40-26(19-8-10-22(31)11-9-19)30(3,4)21-6-5-7-23(32)16-21/h6,8-11,16-18,20,24-26H,5,7,12-15H2,1-4H3,(H,33,37)(H,34,38)(H,35,39)/t20-,24-,25-,26?/m0/s1. The lowest BCUT2D eigenvalue weighted by atomic mass is 9.74. The van der Waals surface area contributed by atoms with Gasteiger partial charge >= 0.3 is 6.09 Å². The fourth-order valence-electron chi connectivity index (χ4n) is 5.02. The van der Waals surface area contributed by atoms with Gasteiger partial charge < -0.3 is 20.2 Å². The summed E-state index contributed by atoms with van der Waals surface area (Å²) in [4.78, 5) is 50.0. The maximum Gasteiger partial charge on any atom is 0.417 e. The largest absolute Gasteiger partial charge is 0.440 e. The number of carbonyl (C=O) groups excluding carboxylic acids is 4. The third-order valence-corrected chi connectivity index (χ3v) is 8.84. The second-order valence-corrected chi connectivity index (χ2v) is 13.4. The molecule has 1 fully saturated rings. The third kappa shape index (κ3) is 9.51. The molecule has 8 nitrogen and oxygen atoms in total. The Hall–Kier alpha value is -2.49. The Bertz CT molecular complexity index is 1170. The van der Waals surface area contributed by atoms with Crippen molar-refractivity contribution in [1.29, 1.82) is 0 Å². The van der Waals surface area contributed by atoms with Gasteiger partial charge in [0.1, 0.15) is 17.6 Å². The van der Waals surface area contributed by atoms with Gasteiger partial charge in [-0.3, -0.25) is 14.3 Å². The first kappa shape index (κ1) is 33.0. The Labute approximate surface area is 256 Å². The van der Waals surface area contributed by atoms with Crippen LogP contribution in [0.3, 0.4) is 0 Å². The van der Waals surface area contributed by atoms with Gasteiger partial charge in [-0.05, 0) is 79.3 Å². The van der Waals surface area contributed by atoms with Gasteiger partial charge in [-0.1, -0.05) is 69.1 Å².